The molecule has 1 nitrogen and oxygen atoms in total. The lowest BCUT2D eigenvalue weighted by molar-refractivity contribution is 0.208. The van der Waals surface area contributed by atoms with Gasteiger partial charge in [-0.2, -0.15) is 0 Å². The van der Waals surface area contributed by atoms with Gasteiger partial charge < -0.3 is 5.11 Å². The van der Waals surface area contributed by atoms with Crippen molar-refractivity contribution in [3.63, 3.8) is 0 Å². The lowest BCUT2D eigenvalue weighted by Crippen LogP contribution is -2.11. The molecule has 1 atom stereocenters. The zero-order valence-corrected chi connectivity index (χ0v) is 11.9. The molecule has 1 aliphatic carbocycles. The Kier molecular flexibility index (Phi) is 3.77. The molecule has 1 aliphatic rings. The maximum atomic E-state index is 14.1. The molecule has 1 fully saturated rings. The van der Waals surface area contributed by atoms with E-state index in [1.165, 1.54) is 18.6 Å². The molecule has 0 aromatic heterocycles. The molecular weight excluding hydrogens is 270 g/mol. The molecule has 0 aliphatic heterocycles. The molecule has 2 aromatic carbocycles. The number of rotatable bonds is 3. The highest BCUT2D eigenvalue weighted by Gasteiger charge is 2.24. The number of benzene rings is 2. The normalized spacial score (nSPS) is 16.6. The Morgan fingerprint density at radius 2 is 1.90 bits per heavy atom. The van der Waals surface area contributed by atoms with Crippen LogP contribution in [0.2, 0.25) is 0 Å². The van der Waals surface area contributed by atoms with Gasteiger partial charge in [-0.1, -0.05) is 36.8 Å². The summed E-state index contributed by atoms with van der Waals surface area (Å²) in [6.07, 6.45) is 2.24. The van der Waals surface area contributed by atoms with E-state index < -0.39 is 17.7 Å². The first kappa shape index (κ1) is 14.2. The van der Waals surface area contributed by atoms with E-state index in [0.29, 0.717) is 17.0 Å². The zero-order valence-electron chi connectivity index (χ0n) is 11.9. The van der Waals surface area contributed by atoms with E-state index in [4.69, 9.17) is 0 Å². The number of hydrogen-bond acceptors (Lipinski definition) is 1. The van der Waals surface area contributed by atoms with Crippen LogP contribution in [0.25, 0.3) is 0 Å². The minimum atomic E-state index is -1.27. The first-order valence-corrected chi connectivity index (χ1v) is 7.30. The lowest BCUT2D eigenvalue weighted by Gasteiger charge is -2.26. The van der Waals surface area contributed by atoms with E-state index in [1.807, 2.05) is 18.2 Å². The Labute approximate surface area is 123 Å². The Balaban J connectivity index is 1.98. The molecule has 1 N–H and O–H groups in total. The quantitative estimate of drug-likeness (QED) is 0.873. The molecule has 0 amide bonds. The van der Waals surface area contributed by atoms with Crippen molar-refractivity contribution in [3.8, 4) is 0 Å². The van der Waals surface area contributed by atoms with Gasteiger partial charge in [0, 0.05) is 0 Å². The molecule has 0 saturated heterocycles. The van der Waals surface area contributed by atoms with Crippen LogP contribution in [0.5, 0.6) is 0 Å². The Morgan fingerprint density at radius 3 is 2.57 bits per heavy atom. The molecule has 110 valence electrons. The standard InChI is InChI=1S/C18H18F2O/c1-11-8-9-15(19)16(17(11)20)18(21)14-7-3-6-13(10-14)12-4-2-5-12/h3,6-10,12,18,21H,2,4-5H2,1H3. The van der Waals surface area contributed by atoms with E-state index in [-0.39, 0.29) is 5.56 Å². The van der Waals surface area contributed by atoms with Crippen LogP contribution in [-0.2, 0) is 0 Å². The van der Waals surface area contributed by atoms with Gasteiger partial charge in [0.2, 0.25) is 0 Å². The average Bonchev–Trinajstić information content (AvgIpc) is 2.42. The highest BCUT2D eigenvalue weighted by Crippen LogP contribution is 2.38. The summed E-state index contributed by atoms with van der Waals surface area (Å²) < 4.78 is 28.0. The minimum Gasteiger partial charge on any atom is -0.383 e. The van der Waals surface area contributed by atoms with Crippen LogP contribution in [0.4, 0.5) is 8.78 Å². The monoisotopic (exact) mass is 288 g/mol. The summed E-state index contributed by atoms with van der Waals surface area (Å²) in [6, 6.07) is 10.0. The fraction of sp³-hybridized carbons (Fsp3) is 0.333. The van der Waals surface area contributed by atoms with Crippen LogP contribution in [0.15, 0.2) is 36.4 Å². The summed E-state index contributed by atoms with van der Waals surface area (Å²) in [7, 11) is 0. The van der Waals surface area contributed by atoms with Crippen molar-refractivity contribution in [2.24, 2.45) is 0 Å². The van der Waals surface area contributed by atoms with Crippen LogP contribution in [0, 0.1) is 18.6 Å². The molecule has 0 spiro atoms. The van der Waals surface area contributed by atoms with E-state index in [0.717, 1.165) is 18.4 Å². The van der Waals surface area contributed by atoms with E-state index >= 15 is 0 Å². The highest BCUT2D eigenvalue weighted by atomic mass is 19.1. The molecule has 1 unspecified atom stereocenters. The van der Waals surface area contributed by atoms with E-state index in [2.05, 4.69) is 0 Å². The number of hydrogen-bond donors (Lipinski definition) is 1. The Morgan fingerprint density at radius 1 is 1.14 bits per heavy atom. The predicted octanol–water partition coefficient (Wildman–Crippen LogP) is 4.62. The van der Waals surface area contributed by atoms with E-state index in [9.17, 15) is 13.9 Å². The molecule has 2 aromatic rings. The van der Waals surface area contributed by atoms with Gasteiger partial charge in [-0.05, 0) is 48.4 Å². The first-order chi connectivity index (χ1) is 10.1. The van der Waals surface area contributed by atoms with Crippen LogP contribution in [0.3, 0.4) is 0 Å². The topological polar surface area (TPSA) is 20.2 Å². The summed E-state index contributed by atoms with van der Waals surface area (Å²) in [6.45, 7) is 1.57. The third-order valence-corrected chi connectivity index (χ3v) is 4.40. The summed E-state index contributed by atoms with van der Waals surface area (Å²) in [5, 5.41) is 10.4. The van der Waals surface area contributed by atoms with Crippen LogP contribution >= 0.6 is 0 Å². The molecule has 0 bridgehead atoms. The summed E-state index contributed by atoms with van der Waals surface area (Å²) in [4.78, 5) is 0. The van der Waals surface area contributed by atoms with Gasteiger partial charge in [-0.25, -0.2) is 8.78 Å². The highest BCUT2D eigenvalue weighted by molar-refractivity contribution is 5.37. The van der Waals surface area contributed by atoms with Gasteiger partial charge in [0.1, 0.15) is 17.7 Å². The number of halogens is 2. The second-order valence-electron chi connectivity index (χ2n) is 5.79. The molecule has 21 heavy (non-hydrogen) atoms. The predicted molar refractivity (Wildman–Crippen MR) is 78.2 cm³/mol. The zero-order chi connectivity index (χ0) is 15.0. The molecule has 0 heterocycles. The first-order valence-electron chi connectivity index (χ1n) is 7.30. The summed E-state index contributed by atoms with van der Waals surface area (Å²) in [5.41, 5.74) is 1.76. The van der Waals surface area contributed by atoms with Crippen molar-refractivity contribution in [1.29, 1.82) is 0 Å². The second-order valence-corrected chi connectivity index (χ2v) is 5.79. The minimum absolute atomic E-state index is 0.263. The SMILES string of the molecule is Cc1ccc(F)c(C(O)c2cccc(C3CCC3)c2)c1F. The van der Waals surface area contributed by atoms with Crippen LogP contribution in [-0.4, -0.2) is 5.11 Å². The van der Waals surface area contributed by atoms with Crippen molar-refractivity contribution in [2.75, 3.05) is 0 Å². The molecule has 0 radical (unpaired) electrons. The average molecular weight is 288 g/mol. The number of aryl methyl sites for hydroxylation is 1. The summed E-state index contributed by atoms with van der Waals surface area (Å²) >= 11 is 0. The van der Waals surface area contributed by atoms with E-state index in [1.54, 1.807) is 13.0 Å². The van der Waals surface area contributed by atoms with Gasteiger partial charge in [-0.3, -0.25) is 0 Å². The Bertz CT molecular complexity index is 662. The largest absolute Gasteiger partial charge is 0.383 e. The summed E-state index contributed by atoms with van der Waals surface area (Å²) in [5.74, 6) is -0.861. The maximum absolute atomic E-state index is 14.1. The second kappa shape index (κ2) is 5.57. The third kappa shape index (κ3) is 2.58. The molecule has 3 heteroatoms. The van der Waals surface area contributed by atoms with Crippen molar-refractivity contribution in [2.45, 2.75) is 38.2 Å². The van der Waals surface area contributed by atoms with Gasteiger partial charge in [-0.15, -0.1) is 0 Å². The smallest absolute Gasteiger partial charge is 0.135 e. The van der Waals surface area contributed by atoms with Gasteiger partial charge in [0.25, 0.3) is 0 Å². The fourth-order valence-electron chi connectivity index (χ4n) is 2.82. The third-order valence-electron chi connectivity index (χ3n) is 4.40. The molecular formula is C18H18F2O. The lowest BCUT2D eigenvalue weighted by atomic mass is 9.79. The molecule has 1 saturated carbocycles. The van der Waals surface area contributed by atoms with Gasteiger partial charge >= 0.3 is 0 Å². The van der Waals surface area contributed by atoms with Crippen molar-refractivity contribution < 1.29 is 13.9 Å². The van der Waals surface area contributed by atoms with Crippen molar-refractivity contribution in [3.05, 3.63) is 70.3 Å². The number of aliphatic hydroxyl groups excluding tert-OH is 1. The van der Waals surface area contributed by atoms with Gasteiger partial charge in [0.15, 0.2) is 0 Å². The Hall–Kier alpha value is -1.74. The maximum Gasteiger partial charge on any atom is 0.135 e. The molecule has 3 rings (SSSR count). The van der Waals surface area contributed by atoms with Crippen LogP contribution in [0.1, 0.15) is 53.5 Å². The van der Waals surface area contributed by atoms with Crippen molar-refractivity contribution >= 4 is 0 Å². The van der Waals surface area contributed by atoms with Gasteiger partial charge in [0.05, 0.1) is 5.56 Å². The fourth-order valence-corrected chi connectivity index (χ4v) is 2.82. The van der Waals surface area contributed by atoms with Crippen LogP contribution < -0.4 is 0 Å². The van der Waals surface area contributed by atoms with Crippen molar-refractivity contribution in [1.82, 2.24) is 0 Å². The number of aliphatic hydroxyl groups is 1.